The summed E-state index contributed by atoms with van der Waals surface area (Å²) in [5.41, 5.74) is 1.82. The molecule has 21 heavy (non-hydrogen) atoms. The molecule has 4 nitrogen and oxygen atoms in total. The average Bonchev–Trinajstić information content (AvgIpc) is 3.10. The fourth-order valence-corrected chi connectivity index (χ4v) is 2.89. The van der Waals surface area contributed by atoms with Gasteiger partial charge in [0, 0.05) is 23.2 Å². The first kappa shape index (κ1) is 14.6. The van der Waals surface area contributed by atoms with Crippen molar-refractivity contribution in [1.82, 2.24) is 10.1 Å². The van der Waals surface area contributed by atoms with Gasteiger partial charge in [-0.05, 0) is 37.9 Å². The van der Waals surface area contributed by atoms with E-state index in [0.29, 0.717) is 10.9 Å². The molecule has 2 unspecified atom stereocenters. The van der Waals surface area contributed by atoms with Crippen molar-refractivity contribution >= 4 is 11.6 Å². The number of likely N-dealkylation sites (tertiary alicyclic amines) is 1. The molecule has 1 aliphatic rings. The van der Waals surface area contributed by atoms with Gasteiger partial charge in [0.1, 0.15) is 5.69 Å². The van der Waals surface area contributed by atoms with E-state index in [-0.39, 0.29) is 6.10 Å². The van der Waals surface area contributed by atoms with Crippen LogP contribution in [0, 0.1) is 5.92 Å². The molecule has 2 heterocycles. The zero-order chi connectivity index (χ0) is 14.8. The number of aromatic nitrogens is 1. The number of benzene rings is 1. The lowest BCUT2D eigenvalue weighted by atomic mass is 10.0. The van der Waals surface area contributed by atoms with E-state index in [1.807, 2.05) is 37.3 Å². The maximum atomic E-state index is 9.64. The SMILES string of the molecule is CC(O)C1CCN(Cc2cc(-c3ccc(Cl)cc3)no2)C1. The molecule has 0 aliphatic carbocycles. The van der Waals surface area contributed by atoms with Crippen LogP contribution >= 0.6 is 11.6 Å². The molecule has 0 amide bonds. The predicted molar refractivity (Wildman–Crippen MR) is 82.0 cm³/mol. The summed E-state index contributed by atoms with van der Waals surface area (Å²) < 4.78 is 5.42. The van der Waals surface area contributed by atoms with E-state index in [4.69, 9.17) is 16.1 Å². The summed E-state index contributed by atoms with van der Waals surface area (Å²) in [4.78, 5) is 2.30. The summed E-state index contributed by atoms with van der Waals surface area (Å²) in [7, 11) is 0. The van der Waals surface area contributed by atoms with Gasteiger partial charge >= 0.3 is 0 Å². The van der Waals surface area contributed by atoms with Crippen LogP contribution in [0.3, 0.4) is 0 Å². The lowest BCUT2D eigenvalue weighted by molar-refractivity contribution is 0.126. The van der Waals surface area contributed by atoms with Crippen molar-refractivity contribution in [3.63, 3.8) is 0 Å². The van der Waals surface area contributed by atoms with E-state index < -0.39 is 0 Å². The van der Waals surface area contributed by atoms with Gasteiger partial charge in [0.25, 0.3) is 0 Å². The molecule has 0 radical (unpaired) electrons. The first-order valence-electron chi connectivity index (χ1n) is 7.24. The van der Waals surface area contributed by atoms with Crippen LogP contribution in [-0.2, 0) is 6.54 Å². The zero-order valence-electron chi connectivity index (χ0n) is 12.0. The van der Waals surface area contributed by atoms with Crippen molar-refractivity contribution < 1.29 is 9.63 Å². The fourth-order valence-electron chi connectivity index (χ4n) is 2.76. The minimum absolute atomic E-state index is 0.241. The minimum Gasteiger partial charge on any atom is -0.393 e. The number of hydrogen-bond acceptors (Lipinski definition) is 4. The molecule has 1 aliphatic heterocycles. The Balaban J connectivity index is 1.64. The Kier molecular flexibility index (Phi) is 4.29. The van der Waals surface area contributed by atoms with Crippen molar-refractivity contribution in [2.24, 2.45) is 5.92 Å². The van der Waals surface area contributed by atoms with Crippen molar-refractivity contribution in [2.45, 2.75) is 26.0 Å². The number of halogens is 1. The third-order valence-electron chi connectivity index (χ3n) is 4.07. The maximum Gasteiger partial charge on any atom is 0.151 e. The van der Waals surface area contributed by atoms with Crippen LogP contribution in [0.4, 0.5) is 0 Å². The number of nitrogens with zero attached hydrogens (tertiary/aromatic N) is 2. The Morgan fingerprint density at radius 3 is 2.86 bits per heavy atom. The molecule has 5 heteroatoms. The average molecular weight is 307 g/mol. The van der Waals surface area contributed by atoms with Crippen LogP contribution in [-0.4, -0.2) is 34.4 Å². The van der Waals surface area contributed by atoms with Crippen LogP contribution in [0.1, 0.15) is 19.1 Å². The summed E-state index contributed by atoms with van der Waals surface area (Å²) in [6, 6.07) is 9.53. The maximum absolute atomic E-state index is 9.64. The molecule has 1 aromatic carbocycles. The lowest BCUT2D eigenvalue weighted by Gasteiger charge is -2.15. The van der Waals surface area contributed by atoms with Crippen LogP contribution < -0.4 is 0 Å². The van der Waals surface area contributed by atoms with Crippen LogP contribution in [0.15, 0.2) is 34.9 Å². The largest absolute Gasteiger partial charge is 0.393 e. The third-order valence-corrected chi connectivity index (χ3v) is 4.32. The predicted octanol–water partition coefficient (Wildman–Crippen LogP) is 3.20. The van der Waals surface area contributed by atoms with E-state index >= 15 is 0 Å². The first-order chi connectivity index (χ1) is 10.1. The van der Waals surface area contributed by atoms with Gasteiger partial charge in [-0.25, -0.2) is 0 Å². The second-order valence-electron chi connectivity index (χ2n) is 5.71. The van der Waals surface area contributed by atoms with E-state index in [2.05, 4.69) is 10.1 Å². The quantitative estimate of drug-likeness (QED) is 0.942. The molecular formula is C16H19ClN2O2. The highest BCUT2D eigenvalue weighted by Gasteiger charge is 2.26. The Labute approximate surface area is 129 Å². The lowest BCUT2D eigenvalue weighted by Crippen LogP contribution is -2.23. The summed E-state index contributed by atoms with van der Waals surface area (Å²) in [5, 5.41) is 14.5. The van der Waals surface area contributed by atoms with Gasteiger partial charge in [0.05, 0.1) is 12.6 Å². The van der Waals surface area contributed by atoms with Gasteiger partial charge in [-0.15, -0.1) is 0 Å². The minimum atomic E-state index is -0.241. The van der Waals surface area contributed by atoms with Crippen molar-refractivity contribution in [1.29, 1.82) is 0 Å². The van der Waals surface area contributed by atoms with E-state index in [1.165, 1.54) is 0 Å². The van der Waals surface area contributed by atoms with Gasteiger partial charge in [0.15, 0.2) is 5.76 Å². The van der Waals surface area contributed by atoms with Crippen molar-refractivity contribution in [3.8, 4) is 11.3 Å². The van der Waals surface area contributed by atoms with Crippen molar-refractivity contribution in [3.05, 3.63) is 41.1 Å². The van der Waals surface area contributed by atoms with Crippen LogP contribution in [0.25, 0.3) is 11.3 Å². The Bertz CT molecular complexity index is 595. The van der Waals surface area contributed by atoms with Gasteiger partial charge in [-0.3, -0.25) is 4.90 Å². The molecule has 0 saturated carbocycles. The van der Waals surface area contributed by atoms with Gasteiger partial charge in [-0.2, -0.15) is 0 Å². The molecule has 2 aromatic rings. The molecule has 1 fully saturated rings. The fraction of sp³-hybridized carbons (Fsp3) is 0.438. The van der Waals surface area contributed by atoms with Crippen LogP contribution in [0.2, 0.25) is 5.02 Å². The highest BCUT2D eigenvalue weighted by molar-refractivity contribution is 6.30. The molecule has 0 spiro atoms. The highest BCUT2D eigenvalue weighted by Crippen LogP contribution is 2.24. The standard InChI is InChI=1S/C16H19ClN2O2/c1-11(20)13-6-7-19(9-13)10-15-8-16(18-21-15)12-2-4-14(17)5-3-12/h2-5,8,11,13,20H,6-7,9-10H2,1H3. The molecular weight excluding hydrogens is 288 g/mol. The number of aliphatic hydroxyl groups is 1. The number of rotatable bonds is 4. The molecule has 1 N–H and O–H groups in total. The van der Waals surface area contributed by atoms with Crippen LogP contribution in [0.5, 0.6) is 0 Å². The first-order valence-corrected chi connectivity index (χ1v) is 7.61. The zero-order valence-corrected chi connectivity index (χ0v) is 12.8. The van der Waals surface area contributed by atoms with E-state index in [0.717, 1.165) is 43.1 Å². The van der Waals surface area contributed by atoms with Crippen molar-refractivity contribution in [2.75, 3.05) is 13.1 Å². The Hall–Kier alpha value is -1.36. The second-order valence-corrected chi connectivity index (χ2v) is 6.15. The van der Waals surface area contributed by atoms with E-state index in [9.17, 15) is 5.11 Å². The van der Waals surface area contributed by atoms with E-state index in [1.54, 1.807) is 0 Å². The Morgan fingerprint density at radius 1 is 1.43 bits per heavy atom. The summed E-state index contributed by atoms with van der Waals surface area (Å²) in [6.45, 7) is 4.51. The topological polar surface area (TPSA) is 49.5 Å². The molecule has 2 atom stereocenters. The van der Waals surface area contributed by atoms with Gasteiger partial charge in [0.2, 0.25) is 0 Å². The summed E-state index contributed by atoms with van der Waals surface area (Å²) >= 11 is 5.89. The molecule has 112 valence electrons. The normalized spacial score (nSPS) is 20.8. The van der Waals surface area contributed by atoms with Gasteiger partial charge < -0.3 is 9.63 Å². The third kappa shape index (κ3) is 3.46. The number of aliphatic hydroxyl groups excluding tert-OH is 1. The number of hydrogen-bond donors (Lipinski definition) is 1. The smallest absolute Gasteiger partial charge is 0.151 e. The summed E-state index contributed by atoms with van der Waals surface area (Å²) in [6.07, 6.45) is 0.796. The molecule has 1 aromatic heterocycles. The molecule has 1 saturated heterocycles. The highest BCUT2D eigenvalue weighted by atomic mass is 35.5. The monoisotopic (exact) mass is 306 g/mol. The molecule has 3 rings (SSSR count). The second kappa shape index (κ2) is 6.18. The Morgan fingerprint density at radius 2 is 2.19 bits per heavy atom. The van der Waals surface area contributed by atoms with Gasteiger partial charge in [-0.1, -0.05) is 28.9 Å². The summed E-state index contributed by atoms with van der Waals surface area (Å²) in [5.74, 6) is 1.22. The molecule has 0 bridgehead atoms.